The minimum atomic E-state index is -0.712. The fraction of sp³-hybridized carbons (Fsp3) is 0.562. The summed E-state index contributed by atoms with van der Waals surface area (Å²) in [4.78, 5) is 13.7. The quantitative estimate of drug-likeness (QED) is 0.904. The largest absolute Gasteiger partial charge is 0.481 e. The molecular formula is C16H23NO2. The van der Waals surface area contributed by atoms with E-state index in [9.17, 15) is 9.90 Å². The van der Waals surface area contributed by atoms with Crippen molar-refractivity contribution in [1.82, 2.24) is 0 Å². The lowest BCUT2D eigenvalue weighted by Crippen LogP contribution is -2.38. The van der Waals surface area contributed by atoms with Crippen molar-refractivity contribution < 1.29 is 9.90 Å². The average Bonchev–Trinajstić information content (AvgIpc) is 2.64. The van der Waals surface area contributed by atoms with Gasteiger partial charge in [-0.15, -0.1) is 0 Å². The van der Waals surface area contributed by atoms with Gasteiger partial charge in [0.15, 0.2) is 0 Å². The molecule has 1 aromatic carbocycles. The van der Waals surface area contributed by atoms with E-state index in [4.69, 9.17) is 0 Å². The Morgan fingerprint density at radius 2 is 2.16 bits per heavy atom. The topological polar surface area (TPSA) is 40.5 Å². The lowest BCUT2D eigenvalue weighted by molar-refractivity contribution is -0.147. The zero-order chi connectivity index (χ0) is 14.2. The van der Waals surface area contributed by atoms with Crippen LogP contribution in [-0.2, 0) is 11.2 Å². The van der Waals surface area contributed by atoms with Crippen LogP contribution in [0.1, 0.15) is 38.3 Å². The highest BCUT2D eigenvalue weighted by Gasteiger charge is 2.36. The molecule has 0 fully saturated rings. The molecule has 0 bridgehead atoms. The molecule has 19 heavy (non-hydrogen) atoms. The predicted octanol–water partition coefficient (Wildman–Crippen LogP) is 3.25. The number of carboxylic acids is 1. The van der Waals surface area contributed by atoms with Crippen LogP contribution in [0.15, 0.2) is 18.2 Å². The van der Waals surface area contributed by atoms with Crippen LogP contribution >= 0.6 is 0 Å². The van der Waals surface area contributed by atoms with E-state index >= 15 is 0 Å². The highest BCUT2D eigenvalue weighted by Crippen LogP contribution is 2.37. The molecule has 0 saturated carbocycles. The minimum Gasteiger partial charge on any atom is -0.481 e. The molecule has 3 heteroatoms. The number of hydrogen-bond donors (Lipinski definition) is 1. The Bertz CT molecular complexity index is 494. The second-order valence-corrected chi connectivity index (χ2v) is 6.17. The van der Waals surface area contributed by atoms with E-state index in [1.807, 2.05) is 13.8 Å². The number of carbonyl (C=O) groups is 1. The van der Waals surface area contributed by atoms with Gasteiger partial charge >= 0.3 is 5.97 Å². The van der Waals surface area contributed by atoms with E-state index in [0.29, 0.717) is 12.5 Å². The van der Waals surface area contributed by atoms with Crippen LogP contribution in [0, 0.1) is 12.3 Å². The number of aliphatic carboxylic acids is 1. The Morgan fingerprint density at radius 3 is 2.74 bits per heavy atom. The highest BCUT2D eigenvalue weighted by atomic mass is 16.4. The van der Waals surface area contributed by atoms with E-state index in [2.05, 4.69) is 36.9 Å². The fourth-order valence-electron chi connectivity index (χ4n) is 3.01. The van der Waals surface area contributed by atoms with Gasteiger partial charge in [0.05, 0.1) is 5.41 Å². The molecule has 0 aromatic heterocycles. The number of likely N-dealkylation sites (N-methyl/N-ethyl adjacent to an activating group) is 1. The Balaban J connectivity index is 2.24. The first-order chi connectivity index (χ1) is 8.85. The van der Waals surface area contributed by atoms with Crippen molar-refractivity contribution in [3.05, 3.63) is 29.3 Å². The molecule has 0 amide bonds. The predicted molar refractivity (Wildman–Crippen MR) is 77.7 cm³/mol. The number of benzene rings is 1. The molecule has 104 valence electrons. The third kappa shape index (κ3) is 2.60. The van der Waals surface area contributed by atoms with Crippen molar-refractivity contribution >= 4 is 11.7 Å². The van der Waals surface area contributed by atoms with Crippen LogP contribution in [-0.4, -0.2) is 23.7 Å². The van der Waals surface area contributed by atoms with Crippen LogP contribution in [0.25, 0.3) is 0 Å². The molecule has 0 radical (unpaired) electrons. The van der Waals surface area contributed by atoms with Crippen LogP contribution in [0.5, 0.6) is 0 Å². The summed E-state index contributed by atoms with van der Waals surface area (Å²) in [6.45, 7) is 8.80. The number of aryl methyl sites for hydroxylation is 1. The van der Waals surface area contributed by atoms with Crippen LogP contribution in [0.2, 0.25) is 0 Å². The molecule has 0 saturated heterocycles. The molecule has 1 atom stereocenters. The Labute approximate surface area is 115 Å². The van der Waals surface area contributed by atoms with Crippen molar-refractivity contribution in [2.45, 2.75) is 46.6 Å². The third-order valence-corrected chi connectivity index (χ3v) is 4.11. The van der Waals surface area contributed by atoms with E-state index < -0.39 is 11.4 Å². The van der Waals surface area contributed by atoms with Crippen LogP contribution in [0.4, 0.5) is 5.69 Å². The maximum atomic E-state index is 11.3. The molecule has 0 aliphatic carbocycles. The smallest absolute Gasteiger partial charge is 0.309 e. The van der Waals surface area contributed by atoms with E-state index in [-0.39, 0.29) is 0 Å². The van der Waals surface area contributed by atoms with Gasteiger partial charge in [0.2, 0.25) is 0 Å². The summed E-state index contributed by atoms with van der Waals surface area (Å²) in [6.07, 6.45) is 1.64. The first-order valence-electron chi connectivity index (χ1n) is 6.94. The van der Waals surface area contributed by atoms with Crippen LogP contribution in [0.3, 0.4) is 0 Å². The average molecular weight is 261 g/mol. The minimum absolute atomic E-state index is 0.299. The molecule has 1 N–H and O–H groups in total. The van der Waals surface area contributed by atoms with Crippen molar-refractivity contribution in [2.24, 2.45) is 5.41 Å². The summed E-state index contributed by atoms with van der Waals surface area (Å²) >= 11 is 0. The third-order valence-electron chi connectivity index (χ3n) is 4.11. The first kappa shape index (κ1) is 13.9. The van der Waals surface area contributed by atoms with Gasteiger partial charge in [0.25, 0.3) is 0 Å². The molecule has 1 aromatic rings. The summed E-state index contributed by atoms with van der Waals surface area (Å²) in [5.41, 5.74) is 3.23. The van der Waals surface area contributed by atoms with Gasteiger partial charge in [-0.05, 0) is 52.2 Å². The number of carboxylic acid groups (broad SMARTS) is 1. The molecule has 1 aliphatic heterocycles. The van der Waals surface area contributed by atoms with Gasteiger partial charge in [-0.3, -0.25) is 4.79 Å². The van der Waals surface area contributed by atoms with E-state index in [1.165, 1.54) is 16.8 Å². The van der Waals surface area contributed by atoms with Crippen molar-refractivity contribution in [3.8, 4) is 0 Å². The van der Waals surface area contributed by atoms with E-state index in [0.717, 1.165) is 13.0 Å². The fourth-order valence-corrected chi connectivity index (χ4v) is 3.01. The van der Waals surface area contributed by atoms with Crippen molar-refractivity contribution in [2.75, 3.05) is 11.4 Å². The number of hydrogen-bond acceptors (Lipinski definition) is 2. The summed E-state index contributed by atoms with van der Waals surface area (Å²) < 4.78 is 0. The highest BCUT2D eigenvalue weighted by molar-refractivity contribution is 5.74. The molecule has 0 spiro atoms. The van der Waals surface area contributed by atoms with Gasteiger partial charge in [-0.25, -0.2) is 0 Å². The van der Waals surface area contributed by atoms with Gasteiger partial charge in [0, 0.05) is 18.3 Å². The first-order valence-corrected chi connectivity index (χ1v) is 6.94. The molecule has 1 heterocycles. The number of anilines is 1. The van der Waals surface area contributed by atoms with Crippen LogP contribution < -0.4 is 4.90 Å². The summed E-state index contributed by atoms with van der Waals surface area (Å²) in [5.74, 6) is -0.712. The van der Waals surface area contributed by atoms with E-state index in [1.54, 1.807) is 0 Å². The standard InChI is InChI=1S/C16H23NO2/c1-5-17-13(10-16(3,4)15(18)19)9-12-8-11(2)6-7-14(12)17/h6-8,13H,5,9-10H2,1-4H3,(H,18,19). The van der Waals surface area contributed by atoms with Crippen molar-refractivity contribution in [3.63, 3.8) is 0 Å². The lowest BCUT2D eigenvalue weighted by Gasteiger charge is -2.31. The number of rotatable bonds is 4. The molecular weight excluding hydrogens is 238 g/mol. The number of nitrogens with zero attached hydrogens (tertiary/aromatic N) is 1. The van der Waals surface area contributed by atoms with Gasteiger partial charge in [-0.2, -0.15) is 0 Å². The zero-order valence-electron chi connectivity index (χ0n) is 12.2. The summed E-state index contributed by atoms with van der Waals surface area (Å²) in [7, 11) is 0. The Kier molecular flexibility index (Phi) is 3.57. The maximum Gasteiger partial charge on any atom is 0.309 e. The van der Waals surface area contributed by atoms with Gasteiger partial charge < -0.3 is 10.0 Å². The SMILES string of the molecule is CCN1c2ccc(C)cc2CC1CC(C)(C)C(=O)O. The normalized spacial score (nSPS) is 18.5. The second kappa shape index (κ2) is 4.87. The lowest BCUT2D eigenvalue weighted by atomic mass is 9.84. The number of fused-ring (bicyclic) bond motifs is 1. The molecule has 1 unspecified atom stereocenters. The van der Waals surface area contributed by atoms with Gasteiger partial charge in [0.1, 0.15) is 0 Å². The second-order valence-electron chi connectivity index (χ2n) is 6.17. The summed E-state index contributed by atoms with van der Waals surface area (Å²) in [6, 6.07) is 6.83. The maximum absolute atomic E-state index is 11.3. The Hall–Kier alpha value is -1.51. The van der Waals surface area contributed by atoms with Crippen molar-refractivity contribution in [1.29, 1.82) is 0 Å². The molecule has 1 aliphatic rings. The molecule has 2 rings (SSSR count). The summed E-state index contributed by atoms with van der Waals surface area (Å²) in [5, 5.41) is 9.30. The molecule has 3 nitrogen and oxygen atoms in total. The zero-order valence-corrected chi connectivity index (χ0v) is 12.2. The van der Waals surface area contributed by atoms with Gasteiger partial charge in [-0.1, -0.05) is 17.7 Å². The Morgan fingerprint density at radius 1 is 1.47 bits per heavy atom. The monoisotopic (exact) mass is 261 g/mol.